The Morgan fingerprint density at radius 1 is 1.50 bits per heavy atom. The van der Waals surface area contributed by atoms with Crippen molar-refractivity contribution in [1.82, 2.24) is 9.88 Å². The normalized spacial score (nSPS) is 8.94. The highest BCUT2D eigenvalue weighted by molar-refractivity contribution is 5.92. The van der Waals surface area contributed by atoms with Gasteiger partial charge in [-0.2, -0.15) is 10.5 Å². The number of pyridine rings is 1. The molecule has 0 fully saturated rings. The molecule has 5 heteroatoms. The molecule has 0 aliphatic rings. The highest BCUT2D eigenvalue weighted by atomic mass is 16.2. The lowest BCUT2D eigenvalue weighted by Crippen LogP contribution is -2.31. The van der Waals surface area contributed by atoms with E-state index in [2.05, 4.69) is 4.98 Å². The van der Waals surface area contributed by atoms with Crippen molar-refractivity contribution in [3.63, 3.8) is 0 Å². The van der Waals surface area contributed by atoms with Crippen molar-refractivity contribution in [1.29, 1.82) is 10.5 Å². The second-order valence-electron chi connectivity index (χ2n) is 3.02. The van der Waals surface area contributed by atoms with Crippen LogP contribution in [-0.4, -0.2) is 28.9 Å². The van der Waals surface area contributed by atoms with E-state index in [9.17, 15) is 4.79 Å². The maximum Gasteiger partial charge on any atom is 0.273 e. The maximum absolute atomic E-state index is 11.8. The molecule has 1 aromatic rings. The van der Waals surface area contributed by atoms with E-state index in [0.29, 0.717) is 12.1 Å². The third-order valence-corrected chi connectivity index (χ3v) is 2.04. The molecular weight excluding hydrogens is 204 g/mol. The average molecular weight is 214 g/mol. The number of hydrogen-bond acceptors (Lipinski definition) is 4. The van der Waals surface area contributed by atoms with Crippen LogP contribution in [0.5, 0.6) is 0 Å². The van der Waals surface area contributed by atoms with Gasteiger partial charge in [0.2, 0.25) is 0 Å². The molecule has 80 valence electrons. The molecule has 5 nitrogen and oxygen atoms in total. The maximum atomic E-state index is 11.8. The van der Waals surface area contributed by atoms with Gasteiger partial charge in [-0.1, -0.05) is 0 Å². The lowest BCUT2D eigenvalue weighted by atomic mass is 10.2. The highest BCUT2D eigenvalue weighted by Gasteiger charge is 2.14. The Morgan fingerprint density at radius 3 is 2.69 bits per heavy atom. The molecule has 1 rings (SSSR count). The fourth-order valence-electron chi connectivity index (χ4n) is 1.16. The van der Waals surface area contributed by atoms with Crippen LogP contribution < -0.4 is 0 Å². The van der Waals surface area contributed by atoms with Crippen molar-refractivity contribution < 1.29 is 4.79 Å². The molecule has 0 aromatic carbocycles. The lowest BCUT2D eigenvalue weighted by Gasteiger charge is -2.16. The molecule has 0 atom stereocenters. The van der Waals surface area contributed by atoms with Crippen LogP contribution in [0.4, 0.5) is 0 Å². The molecule has 1 aromatic heterocycles. The Balaban J connectivity index is 2.88. The minimum absolute atomic E-state index is 0.0387. The molecule has 0 aliphatic carbocycles. The lowest BCUT2D eigenvalue weighted by molar-refractivity contribution is 0.0778. The Kier molecular flexibility index (Phi) is 3.99. The van der Waals surface area contributed by atoms with E-state index < -0.39 is 0 Å². The zero-order valence-electron chi connectivity index (χ0n) is 8.84. The first-order chi connectivity index (χ1) is 7.72. The van der Waals surface area contributed by atoms with Crippen molar-refractivity contribution in [3.8, 4) is 12.1 Å². The van der Waals surface area contributed by atoms with Gasteiger partial charge in [-0.05, 0) is 19.1 Å². The number of hydrogen-bond donors (Lipinski definition) is 0. The molecule has 0 spiro atoms. The van der Waals surface area contributed by atoms with Crippen LogP contribution in [0.25, 0.3) is 0 Å². The highest BCUT2D eigenvalue weighted by Crippen LogP contribution is 2.03. The van der Waals surface area contributed by atoms with Crippen LogP contribution in [0.1, 0.15) is 23.0 Å². The molecule has 1 heterocycles. The molecule has 1 amide bonds. The third kappa shape index (κ3) is 2.55. The Hall–Kier alpha value is -2.40. The summed E-state index contributed by atoms with van der Waals surface area (Å²) in [5.41, 5.74) is 0.649. The summed E-state index contributed by atoms with van der Waals surface area (Å²) in [5, 5.41) is 17.1. The van der Waals surface area contributed by atoms with E-state index in [0.717, 1.165) is 0 Å². The summed E-state index contributed by atoms with van der Waals surface area (Å²) in [4.78, 5) is 17.1. The molecule has 0 saturated heterocycles. The Labute approximate surface area is 93.5 Å². The van der Waals surface area contributed by atoms with Gasteiger partial charge in [0.15, 0.2) is 0 Å². The van der Waals surface area contributed by atoms with Crippen LogP contribution in [0.15, 0.2) is 18.3 Å². The van der Waals surface area contributed by atoms with Gasteiger partial charge in [0.1, 0.15) is 18.3 Å². The fraction of sp³-hybridized carbons (Fsp3) is 0.273. The van der Waals surface area contributed by atoms with Crippen molar-refractivity contribution in [2.75, 3.05) is 13.1 Å². The van der Waals surface area contributed by atoms with E-state index in [1.807, 2.05) is 12.1 Å². The van der Waals surface area contributed by atoms with E-state index in [4.69, 9.17) is 10.5 Å². The first kappa shape index (κ1) is 11.7. The fourth-order valence-corrected chi connectivity index (χ4v) is 1.16. The first-order valence-corrected chi connectivity index (χ1v) is 4.75. The number of amides is 1. The number of aromatic nitrogens is 1. The summed E-state index contributed by atoms with van der Waals surface area (Å²) in [7, 11) is 0. The quantitative estimate of drug-likeness (QED) is 0.701. The van der Waals surface area contributed by atoms with Crippen LogP contribution in [0, 0.1) is 22.7 Å². The largest absolute Gasteiger partial charge is 0.324 e. The van der Waals surface area contributed by atoms with Gasteiger partial charge < -0.3 is 4.90 Å². The van der Waals surface area contributed by atoms with E-state index in [-0.39, 0.29) is 18.1 Å². The van der Waals surface area contributed by atoms with Gasteiger partial charge in [0.05, 0.1) is 11.6 Å². The molecule has 0 radical (unpaired) electrons. The SMILES string of the molecule is CCN(CC#N)C(=O)c1ccc(C#N)cn1. The smallest absolute Gasteiger partial charge is 0.273 e. The van der Waals surface area contributed by atoms with Gasteiger partial charge in [-0.15, -0.1) is 0 Å². The minimum atomic E-state index is -0.298. The molecule has 0 unspecified atom stereocenters. The molecule has 0 bridgehead atoms. The average Bonchev–Trinajstić information content (AvgIpc) is 2.35. The van der Waals surface area contributed by atoms with E-state index in [1.165, 1.54) is 23.2 Å². The van der Waals surface area contributed by atoms with Gasteiger partial charge in [-0.25, -0.2) is 4.98 Å². The number of nitrogens with zero attached hydrogens (tertiary/aromatic N) is 4. The second-order valence-corrected chi connectivity index (χ2v) is 3.02. The zero-order valence-corrected chi connectivity index (χ0v) is 8.84. The summed E-state index contributed by atoms with van der Waals surface area (Å²) in [6.07, 6.45) is 1.34. The predicted octanol–water partition coefficient (Wildman–Crippen LogP) is 0.939. The van der Waals surface area contributed by atoms with Crippen molar-refractivity contribution in [2.24, 2.45) is 0 Å². The summed E-state index contributed by atoms with van der Waals surface area (Å²) in [6.45, 7) is 2.28. The van der Waals surface area contributed by atoms with Crippen LogP contribution in [0.2, 0.25) is 0 Å². The predicted molar refractivity (Wildman–Crippen MR) is 56.1 cm³/mol. The molecular formula is C11H10N4O. The van der Waals surface area contributed by atoms with Gasteiger partial charge >= 0.3 is 0 Å². The second kappa shape index (κ2) is 5.47. The number of nitriles is 2. The molecule has 0 aliphatic heterocycles. The monoisotopic (exact) mass is 214 g/mol. The van der Waals surface area contributed by atoms with Crippen molar-refractivity contribution >= 4 is 5.91 Å². The first-order valence-electron chi connectivity index (χ1n) is 4.75. The van der Waals surface area contributed by atoms with Crippen LogP contribution in [-0.2, 0) is 0 Å². The standard InChI is InChI=1S/C11H10N4O/c1-2-15(6-5-12)11(16)10-4-3-9(7-13)8-14-10/h3-4,8H,2,6H2,1H3. The van der Waals surface area contributed by atoms with E-state index >= 15 is 0 Å². The summed E-state index contributed by atoms with van der Waals surface area (Å²) >= 11 is 0. The summed E-state index contributed by atoms with van der Waals surface area (Å²) in [6, 6.07) is 6.85. The number of carbonyl (C=O) groups excluding carboxylic acids is 1. The Morgan fingerprint density at radius 2 is 2.25 bits per heavy atom. The molecule has 16 heavy (non-hydrogen) atoms. The molecule has 0 saturated carbocycles. The zero-order chi connectivity index (χ0) is 12.0. The minimum Gasteiger partial charge on any atom is -0.324 e. The number of rotatable bonds is 3. The van der Waals surface area contributed by atoms with Crippen LogP contribution in [0.3, 0.4) is 0 Å². The van der Waals surface area contributed by atoms with Crippen molar-refractivity contribution in [3.05, 3.63) is 29.6 Å². The summed E-state index contributed by atoms with van der Waals surface area (Å²) < 4.78 is 0. The number of carbonyl (C=O) groups is 1. The topological polar surface area (TPSA) is 80.8 Å². The van der Waals surface area contributed by atoms with Gasteiger partial charge in [0, 0.05) is 12.7 Å². The van der Waals surface area contributed by atoms with Crippen LogP contribution >= 0.6 is 0 Å². The third-order valence-electron chi connectivity index (χ3n) is 2.04. The summed E-state index contributed by atoms with van der Waals surface area (Å²) in [5.74, 6) is -0.298. The van der Waals surface area contributed by atoms with Crippen molar-refractivity contribution in [2.45, 2.75) is 6.92 Å². The van der Waals surface area contributed by atoms with Gasteiger partial charge in [-0.3, -0.25) is 4.79 Å². The Bertz CT molecular complexity index is 452. The molecule has 0 N–H and O–H groups in total. The van der Waals surface area contributed by atoms with Gasteiger partial charge in [0.25, 0.3) is 5.91 Å². The van der Waals surface area contributed by atoms with E-state index in [1.54, 1.807) is 6.92 Å².